The monoisotopic (exact) mass is 333 g/mol. The van der Waals surface area contributed by atoms with Gasteiger partial charge in [0.2, 0.25) is 0 Å². The highest BCUT2D eigenvalue weighted by Crippen LogP contribution is 2.19. The summed E-state index contributed by atoms with van der Waals surface area (Å²) in [5.41, 5.74) is 1.49. The summed E-state index contributed by atoms with van der Waals surface area (Å²) in [6.07, 6.45) is 4.80. The lowest BCUT2D eigenvalue weighted by Crippen LogP contribution is -2.25. The summed E-state index contributed by atoms with van der Waals surface area (Å²) < 4.78 is 5.47. The molecule has 0 spiro atoms. The molecule has 23 heavy (non-hydrogen) atoms. The molecule has 1 heterocycles. The molecule has 1 aromatic heterocycles. The van der Waals surface area contributed by atoms with Crippen molar-refractivity contribution in [3.8, 4) is 0 Å². The average Bonchev–Trinajstić information content (AvgIpc) is 3.07. The fraction of sp³-hybridized carbons (Fsp3) is 0.412. The number of nitrogens with one attached hydrogen (secondary N) is 2. The molecule has 0 saturated carbocycles. The predicted octanol–water partition coefficient (Wildman–Crippen LogP) is 3.82. The molecule has 0 saturated heterocycles. The smallest absolute Gasteiger partial charge is 0.251 e. The first-order valence-corrected chi connectivity index (χ1v) is 8.80. The van der Waals surface area contributed by atoms with E-state index < -0.39 is 0 Å². The number of rotatable bonds is 10. The third kappa shape index (κ3) is 6.38. The van der Waals surface area contributed by atoms with Crippen molar-refractivity contribution in [1.82, 2.24) is 10.3 Å². The number of anilines is 2. The van der Waals surface area contributed by atoms with E-state index in [1.165, 1.54) is 11.3 Å². The number of carbonyl (C=O) groups is 1. The van der Waals surface area contributed by atoms with Gasteiger partial charge in [-0.3, -0.25) is 4.79 Å². The van der Waals surface area contributed by atoms with E-state index in [1.54, 1.807) is 12.3 Å². The first kappa shape index (κ1) is 17.4. The Labute approximate surface area is 141 Å². The fourth-order valence-electron chi connectivity index (χ4n) is 1.97. The highest BCUT2D eigenvalue weighted by Gasteiger charge is 2.06. The first-order chi connectivity index (χ1) is 11.3. The van der Waals surface area contributed by atoms with Gasteiger partial charge in [0, 0.05) is 42.6 Å². The van der Waals surface area contributed by atoms with Crippen molar-refractivity contribution >= 4 is 28.1 Å². The van der Waals surface area contributed by atoms with Crippen LogP contribution in [-0.4, -0.2) is 30.6 Å². The van der Waals surface area contributed by atoms with E-state index in [0.29, 0.717) is 18.7 Å². The molecule has 1 aromatic carbocycles. The summed E-state index contributed by atoms with van der Waals surface area (Å²) in [5.74, 6) is -0.0682. The van der Waals surface area contributed by atoms with Gasteiger partial charge in [-0.1, -0.05) is 19.4 Å². The number of aromatic nitrogens is 1. The minimum absolute atomic E-state index is 0.0682. The number of carbonyl (C=O) groups excluding carboxylic acids is 1. The highest BCUT2D eigenvalue weighted by atomic mass is 32.1. The van der Waals surface area contributed by atoms with Crippen LogP contribution in [0.2, 0.25) is 0 Å². The Balaban J connectivity index is 1.74. The molecule has 124 valence electrons. The van der Waals surface area contributed by atoms with Crippen LogP contribution < -0.4 is 10.6 Å². The zero-order valence-electron chi connectivity index (χ0n) is 13.4. The van der Waals surface area contributed by atoms with Gasteiger partial charge in [-0.15, -0.1) is 11.3 Å². The number of ether oxygens (including phenoxy) is 1. The molecule has 2 aromatic rings. The number of nitrogens with zero attached hydrogens (tertiary/aromatic N) is 1. The summed E-state index contributed by atoms with van der Waals surface area (Å²) in [7, 11) is 0. The quantitative estimate of drug-likeness (QED) is 0.649. The molecule has 1 amide bonds. The van der Waals surface area contributed by atoms with Crippen LogP contribution in [0.5, 0.6) is 0 Å². The minimum atomic E-state index is -0.0682. The SMILES string of the molecule is CCCCOCCCNC(=O)c1cccc(Nc2nccs2)c1. The van der Waals surface area contributed by atoms with Crippen molar-refractivity contribution in [3.63, 3.8) is 0 Å². The molecule has 6 heteroatoms. The zero-order chi connectivity index (χ0) is 16.3. The summed E-state index contributed by atoms with van der Waals surface area (Å²) in [6.45, 7) is 4.25. The van der Waals surface area contributed by atoms with Crippen molar-refractivity contribution in [2.24, 2.45) is 0 Å². The minimum Gasteiger partial charge on any atom is -0.381 e. The topological polar surface area (TPSA) is 63.2 Å². The van der Waals surface area contributed by atoms with Crippen LogP contribution >= 0.6 is 11.3 Å². The number of benzene rings is 1. The van der Waals surface area contributed by atoms with E-state index in [1.807, 2.05) is 23.6 Å². The van der Waals surface area contributed by atoms with E-state index >= 15 is 0 Å². The van der Waals surface area contributed by atoms with Gasteiger partial charge >= 0.3 is 0 Å². The second-order valence-electron chi connectivity index (χ2n) is 5.12. The molecule has 5 nitrogen and oxygen atoms in total. The van der Waals surface area contributed by atoms with Crippen LogP contribution in [0.3, 0.4) is 0 Å². The third-order valence-electron chi connectivity index (χ3n) is 3.20. The van der Waals surface area contributed by atoms with E-state index in [-0.39, 0.29) is 5.91 Å². The molecule has 0 aliphatic heterocycles. The van der Waals surface area contributed by atoms with E-state index in [9.17, 15) is 4.79 Å². The van der Waals surface area contributed by atoms with Crippen molar-refractivity contribution in [2.45, 2.75) is 26.2 Å². The van der Waals surface area contributed by atoms with E-state index in [0.717, 1.165) is 36.7 Å². The Kier molecular flexibility index (Phi) is 7.56. The van der Waals surface area contributed by atoms with Gasteiger partial charge in [-0.2, -0.15) is 0 Å². The standard InChI is InChI=1S/C17H23N3O2S/c1-2-3-10-22-11-5-8-18-16(21)14-6-4-7-15(13-14)20-17-19-9-12-23-17/h4,6-7,9,12-13H,2-3,5,8,10-11H2,1H3,(H,18,21)(H,19,20). The molecule has 0 aliphatic rings. The van der Waals surface area contributed by atoms with E-state index in [2.05, 4.69) is 22.5 Å². The molecule has 0 bridgehead atoms. The van der Waals surface area contributed by atoms with Gasteiger partial charge in [-0.25, -0.2) is 4.98 Å². The summed E-state index contributed by atoms with van der Waals surface area (Å²) >= 11 is 1.52. The van der Waals surface area contributed by atoms with Gasteiger partial charge in [0.05, 0.1) is 0 Å². The zero-order valence-corrected chi connectivity index (χ0v) is 14.2. The molecule has 2 N–H and O–H groups in total. The predicted molar refractivity (Wildman–Crippen MR) is 94.5 cm³/mol. The normalized spacial score (nSPS) is 10.5. The van der Waals surface area contributed by atoms with Crippen molar-refractivity contribution in [1.29, 1.82) is 0 Å². The number of amides is 1. The van der Waals surface area contributed by atoms with Crippen LogP contribution in [0.15, 0.2) is 35.8 Å². The van der Waals surface area contributed by atoms with Crippen molar-refractivity contribution in [2.75, 3.05) is 25.1 Å². The summed E-state index contributed by atoms with van der Waals surface area (Å²) in [6, 6.07) is 7.41. The Morgan fingerprint density at radius 3 is 2.96 bits per heavy atom. The maximum atomic E-state index is 12.1. The number of hydrogen-bond acceptors (Lipinski definition) is 5. The second kappa shape index (κ2) is 9.97. The largest absolute Gasteiger partial charge is 0.381 e. The van der Waals surface area contributed by atoms with Crippen LogP contribution in [0, 0.1) is 0 Å². The molecule has 2 rings (SSSR count). The van der Waals surface area contributed by atoms with E-state index in [4.69, 9.17) is 4.74 Å². The fourth-order valence-corrected chi connectivity index (χ4v) is 2.52. The molecule has 0 unspecified atom stereocenters. The Morgan fingerprint density at radius 1 is 1.30 bits per heavy atom. The third-order valence-corrected chi connectivity index (χ3v) is 3.89. The Hall–Kier alpha value is -1.92. The maximum absolute atomic E-state index is 12.1. The Morgan fingerprint density at radius 2 is 2.17 bits per heavy atom. The second-order valence-corrected chi connectivity index (χ2v) is 6.01. The summed E-state index contributed by atoms with van der Waals surface area (Å²) in [5, 5.41) is 8.81. The molecule has 0 aliphatic carbocycles. The van der Waals surface area contributed by atoms with Gasteiger partial charge < -0.3 is 15.4 Å². The van der Waals surface area contributed by atoms with Crippen molar-refractivity contribution in [3.05, 3.63) is 41.4 Å². The van der Waals surface area contributed by atoms with Gasteiger partial charge in [0.1, 0.15) is 0 Å². The number of unbranched alkanes of at least 4 members (excludes halogenated alkanes) is 1. The Bertz CT molecular complexity index is 587. The number of hydrogen-bond donors (Lipinski definition) is 2. The van der Waals surface area contributed by atoms with Crippen LogP contribution in [0.1, 0.15) is 36.5 Å². The molecule has 0 fully saturated rings. The number of thiazole rings is 1. The van der Waals surface area contributed by atoms with Gasteiger partial charge in [0.25, 0.3) is 5.91 Å². The molecule has 0 atom stereocenters. The summed E-state index contributed by atoms with van der Waals surface area (Å²) in [4.78, 5) is 16.3. The lowest BCUT2D eigenvalue weighted by atomic mass is 10.2. The molecule has 0 radical (unpaired) electrons. The molecular formula is C17H23N3O2S. The van der Waals surface area contributed by atoms with Crippen LogP contribution in [0.4, 0.5) is 10.8 Å². The van der Waals surface area contributed by atoms with Crippen LogP contribution in [0.25, 0.3) is 0 Å². The lowest BCUT2D eigenvalue weighted by molar-refractivity contribution is 0.0940. The van der Waals surface area contributed by atoms with Crippen molar-refractivity contribution < 1.29 is 9.53 Å². The first-order valence-electron chi connectivity index (χ1n) is 7.92. The van der Waals surface area contributed by atoms with Gasteiger partial charge in [-0.05, 0) is 31.0 Å². The van der Waals surface area contributed by atoms with Gasteiger partial charge in [0.15, 0.2) is 5.13 Å². The highest BCUT2D eigenvalue weighted by molar-refractivity contribution is 7.13. The van der Waals surface area contributed by atoms with Crippen LogP contribution in [-0.2, 0) is 4.74 Å². The maximum Gasteiger partial charge on any atom is 0.251 e. The lowest BCUT2D eigenvalue weighted by Gasteiger charge is -2.08. The average molecular weight is 333 g/mol. The molecular weight excluding hydrogens is 310 g/mol.